The van der Waals surface area contributed by atoms with Crippen LogP contribution in [0.2, 0.25) is 0 Å². The molecule has 21 heavy (non-hydrogen) atoms. The van der Waals surface area contributed by atoms with Gasteiger partial charge in [0.25, 0.3) is 0 Å². The van der Waals surface area contributed by atoms with Crippen LogP contribution >= 0.6 is 23.4 Å². The summed E-state index contributed by atoms with van der Waals surface area (Å²) >= 11 is 8.41. The lowest BCUT2D eigenvalue weighted by Crippen LogP contribution is -2.12. The summed E-state index contributed by atoms with van der Waals surface area (Å²) in [4.78, 5) is 9.29. The van der Waals surface area contributed by atoms with E-state index >= 15 is 0 Å². The number of imidazole rings is 1. The molecule has 3 aromatic rings. The van der Waals surface area contributed by atoms with Crippen molar-refractivity contribution in [1.29, 1.82) is 0 Å². The molecule has 1 aliphatic heterocycles. The normalized spacial score (nSPS) is 20.4. The van der Waals surface area contributed by atoms with Crippen molar-refractivity contribution in [2.45, 2.75) is 24.8 Å². The third-order valence-electron chi connectivity index (χ3n) is 4.08. The number of aromatic nitrogens is 3. The van der Waals surface area contributed by atoms with Crippen LogP contribution in [0.15, 0.2) is 30.5 Å². The van der Waals surface area contributed by atoms with Crippen LogP contribution in [0.4, 0.5) is 0 Å². The van der Waals surface area contributed by atoms with Gasteiger partial charge in [-0.25, -0.2) is 4.98 Å². The van der Waals surface area contributed by atoms with Crippen LogP contribution in [0.3, 0.4) is 0 Å². The number of hydrogen-bond acceptors (Lipinski definition) is 3. The van der Waals surface area contributed by atoms with E-state index in [1.54, 1.807) is 0 Å². The van der Waals surface area contributed by atoms with E-state index in [0.717, 1.165) is 22.6 Å². The maximum Gasteiger partial charge on any atom is 0.128 e. The Balaban J connectivity index is 2.10. The van der Waals surface area contributed by atoms with E-state index in [-0.39, 0.29) is 5.38 Å². The van der Waals surface area contributed by atoms with Gasteiger partial charge in [-0.05, 0) is 25.2 Å². The van der Waals surface area contributed by atoms with Gasteiger partial charge in [-0.1, -0.05) is 18.2 Å². The Morgan fingerprint density at radius 2 is 2.19 bits per heavy atom. The minimum Gasteiger partial charge on any atom is -0.322 e. The smallest absolute Gasteiger partial charge is 0.128 e. The number of fused-ring (bicyclic) bond motifs is 3. The maximum atomic E-state index is 6.40. The number of halogens is 1. The fraction of sp³-hybridized carbons (Fsp3) is 0.375. The largest absolute Gasteiger partial charge is 0.322 e. The summed E-state index contributed by atoms with van der Waals surface area (Å²) in [5, 5.41) is 1.07. The molecule has 0 saturated carbocycles. The van der Waals surface area contributed by atoms with Crippen LogP contribution in [0.1, 0.15) is 30.6 Å². The van der Waals surface area contributed by atoms with E-state index in [1.807, 2.05) is 30.9 Å². The summed E-state index contributed by atoms with van der Waals surface area (Å²) in [6, 6.07) is 8.77. The summed E-state index contributed by atoms with van der Waals surface area (Å²) < 4.78 is 2.37. The van der Waals surface area contributed by atoms with Crippen molar-refractivity contribution >= 4 is 45.3 Å². The molecule has 1 fully saturated rings. The molecule has 2 unspecified atom stereocenters. The van der Waals surface area contributed by atoms with Gasteiger partial charge in [-0.3, -0.25) is 4.98 Å². The van der Waals surface area contributed by atoms with Crippen molar-refractivity contribution in [3.8, 4) is 0 Å². The van der Waals surface area contributed by atoms with Crippen molar-refractivity contribution in [1.82, 2.24) is 14.5 Å². The molecule has 5 heteroatoms. The van der Waals surface area contributed by atoms with Gasteiger partial charge in [0.2, 0.25) is 0 Å². The number of alkyl halides is 1. The Morgan fingerprint density at radius 3 is 2.95 bits per heavy atom. The first-order chi connectivity index (χ1) is 10.3. The Morgan fingerprint density at radius 1 is 1.33 bits per heavy atom. The number of para-hydroxylation sites is 1. The highest BCUT2D eigenvalue weighted by Gasteiger charge is 2.25. The standard InChI is InChI=1S/C16H16ClN3S/c1-10(17)16-19-14-8-18-13-5-3-2-4-12(13)15(14)20(16)11-6-7-21-9-11/h2-5,8,10-11H,6-7,9H2,1H3. The molecule has 0 amide bonds. The van der Waals surface area contributed by atoms with E-state index < -0.39 is 0 Å². The summed E-state index contributed by atoms with van der Waals surface area (Å²) in [6.45, 7) is 2.00. The monoisotopic (exact) mass is 317 g/mol. The topological polar surface area (TPSA) is 30.7 Å². The average molecular weight is 318 g/mol. The van der Waals surface area contributed by atoms with Crippen LogP contribution < -0.4 is 0 Å². The molecule has 0 N–H and O–H groups in total. The van der Waals surface area contributed by atoms with Gasteiger partial charge in [0.1, 0.15) is 11.3 Å². The number of rotatable bonds is 2. The second-order valence-electron chi connectivity index (χ2n) is 5.48. The highest BCUT2D eigenvalue weighted by molar-refractivity contribution is 7.99. The van der Waals surface area contributed by atoms with Gasteiger partial charge in [0.15, 0.2) is 0 Å². The van der Waals surface area contributed by atoms with Crippen LogP contribution in [-0.4, -0.2) is 26.0 Å². The van der Waals surface area contributed by atoms with Crippen LogP contribution in [0, 0.1) is 0 Å². The molecule has 2 atom stereocenters. The third-order valence-corrected chi connectivity index (χ3v) is 5.42. The Labute approximate surface area is 132 Å². The second kappa shape index (κ2) is 5.18. The minimum absolute atomic E-state index is 0.0956. The highest BCUT2D eigenvalue weighted by Crippen LogP contribution is 2.37. The lowest BCUT2D eigenvalue weighted by atomic mass is 10.1. The number of pyridine rings is 1. The number of thioether (sulfide) groups is 1. The fourth-order valence-electron chi connectivity index (χ4n) is 3.12. The Bertz CT molecular complexity index is 806. The maximum absolute atomic E-state index is 6.40. The number of benzene rings is 1. The highest BCUT2D eigenvalue weighted by atomic mass is 35.5. The van der Waals surface area contributed by atoms with Crippen LogP contribution in [0.25, 0.3) is 21.9 Å². The van der Waals surface area contributed by atoms with Crippen molar-refractivity contribution in [2.24, 2.45) is 0 Å². The minimum atomic E-state index is -0.0956. The van der Waals surface area contributed by atoms with Crippen LogP contribution in [0.5, 0.6) is 0 Å². The first-order valence-electron chi connectivity index (χ1n) is 7.23. The van der Waals surface area contributed by atoms with Gasteiger partial charge >= 0.3 is 0 Å². The van der Waals surface area contributed by atoms with Gasteiger partial charge in [-0.15, -0.1) is 11.6 Å². The van der Waals surface area contributed by atoms with Gasteiger partial charge in [0, 0.05) is 17.2 Å². The van der Waals surface area contributed by atoms with Crippen LogP contribution in [-0.2, 0) is 0 Å². The molecule has 0 radical (unpaired) electrons. The van der Waals surface area contributed by atoms with Gasteiger partial charge in [0.05, 0.1) is 22.6 Å². The molecule has 4 rings (SSSR count). The zero-order valence-electron chi connectivity index (χ0n) is 11.8. The number of nitrogens with zero attached hydrogens (tertiary/aromatic N) is 3. The van der Waals surface area contributed by atoms with Crippen molar-refractivity contribution < 1.29 is 0 Å². The summed E-state index contributed by atoms with van der Waals surface area (Å²) in [5.74, 6) is 3.32. The molecule has 1 aromatic carbocycles. The predicted molar refractivity (Wildman–Crippen MR) is 90.3 cm³/mol. The second-order valence-corrected chi connectivity index (χ2v) is 7.29. The SMILES string of the molecule is CC(Cl)c1nc2cnc3ccccc3c2n1C1CCSC1. The molecule has 3 heterocycles. The predicted octanol–water partition coefficient (Wildman–Crippen LogP) is 4.56. The summed E-state index contributed by atoms with van der Waals surface area (Å²) in [5.41, 5.74) is 3.16. The molecular formula is C16H16ClN3S. The van der Waals surface area contributed by atoms with E-state index in [0.29, 0.717) is 6.04 Å². The number of hydrogen-bond donors (Lipinski definition) is 0. The molecular weight excluding hydrogens is 302 g/mol. The van der Waals surface area contributed by atoms with E-state index in [2.05, 4.69) is 27.8 Å². The third kappa shape index (κ3) is 2.12. The average Bonchev–Trinajstić information content (AvgIpc) is 3.13. The molecule has 3 nitrogen and oxygen atoms in total. The lowest BCUT2D eigenvalue weighted by Gasteiger charge is -2.17. The van der Waals surface area contributed by atoms with Crippen molar-refractivity contribution in [3.63, 3.8) is 0 Å². The van der Waals surface area contributed by atoms with E-state index in [1.165, 1.54) is 23.1 Å². The lowest BCUT2D eigenvalue weighted by molar-refractivity contribution is 0.550. The molecule has 1 saturated heterocycles. The Hall–Kier alpha value is -1.26. The molecule has 0 aliphatic carbocycles. The first kappa shape index (κ1) is 13.4. The molecule has 1 aliphatic rings. The van der Waals surface area contributed by atoms with Crippen molar-refractivity contribution in [3.05, 3.63) is 36.3 Å². The molecule has 2 aromatic heterocycles. The zero-order chi connectivity index (χ0) is 14.4. The quantitative estimate of drug-likeness (QED) is 0.649. The van der Waals surface area contributed by atoms with Gasteiger partial charge in [-0.2, -0.15) is 11.8 Å². The van der Waals surface area contributed by atoms with Gasteiger partial charge < -0.3 is 4.57 Å². The molecule has 0 spiro atoms. The Kier molecular flexibility index (Phi) is 3.31. The summed E-state index contributed by atoms with van der Waals surface area (Å²) in [6.07, 6.45) is 3.06. The first-order valence-corrected chi connectivity index (χ1v) is 8.82. The zero-order valence-corrected chi connectivity index (χ0v) is 13.4. The molecule has 108 valence electrons. The van der Waals surface area contributed by atoms with Crippen molar-refractivity contribution in [2.75, 3.05) is 11.5 Å². The molecule has 0 bridgehead atoms. The van der Waals surface area contributed by atoms with E-state index in [4.69, 9.17) is 16.6 Å². The summed E-state index contributed by atoms with van der Waals surface area (Å²) in [7, 11) is 0. The van der Waals surface area contributed by atoms with E-state index in [9.17, 15) is 0 Å². The fourth-order valence-corrected chi connectivity index (χ4v) is 4.47.